The third-order valence-corrected chi connectivity index (χ3v) is 9.41. The van der Waals surface area contributed by atoms with Gasteiger partial charge in [-0.05, 0) is 41.8 Å². The standard InChI is InChI=1S/C31H40ClN6O7P/c1-4-5-8-14-42-30(40)22(15-19(2)3)37-46(41,44-23-13-9-11-20-10-6-7-12-21(20)23)45-24-16-26(43-25(24)17-39)38-18-34-27-28(33)35-31(32)36-29(27)38/h6-7,9-13,18-19,22,24-26,39H,4-5,8,14-17H2,1-3H3,(H,37,41)(H2,33,35,36)/t22-,24+,25?,26+,46?/m0/s1. The summed E-state index contributed by atoms with van der Waals surface area (Å²) >= 11 is 6.06. The number of imidazole rings is 1. The van der Waals surface area contributed by atoms with Gasteiger partial charge < -0.3 is 24.8 Å². The minimum Gasteiger partial charge on any atom is -0.465 e. The van der Waals surface area contributed by atoms with Gasteiger partial charge in [-0.2, -0.15) is 15.1 Å². The number of ether oxygens (including phenoxy) is 2. The number of benzene rings is 2. The van der Waals surface area contributed by atoms with Crippen molar-refractivity contribution in [3.63, 3.8) is 0 Å². The van der Waals surface area contributed by atoms with Crippen LogP contribution in [0.4, 0.5) is 5.82 Å². The van der Waals surface area contributed by atoms with Crippen molar-refractivity contribution in [3.05, 3.63) is 54.1 Å². The number of fused-ring (bicyclic) bond motifs is 2. The number of nitrogen functional groups attached to an aromatic ring is 1. The number of nitrogens with two attached hydrogens (primary N) is 1. The number of rotatable bonds is 15. The van der Waals surface area contributed by atoms with Crippen LogP contribution in [0.1, 0.15) is 59.1 Å². The van der Waals surface area contributed by atoms with E-state index in [9.17, 15) is 14.5 Å². The molecular formula is C31H40ClN6O7P. The predicted molar refractivity (Wildman–Crippen MR) is 174 cm³/mol. The lowest BCUT2D eigenvalue weighted by Gasteiger charge is -2.28. The normalized spacial score (nSPS) is 20.3. The van der Waals surface area contributed by atoms with E-state index in [2.05, 4.69) is 27.0 Å². The molecule has 0 amide bonds. The topological polar surface area (TPSA) is 173 Å². The third kappa shape index (κ3) is 7.96. The van der Waals surface area contributed by atoms with Crippen LogP contribution in [0.3, 0.4) is 0 Å². The summed E-state index contributed by atoms with van der Waals surface area (Å²) in [4.78, 5) is 25.8. The summed E-state index contributed by atoms with van der Waals surface area (Å²) in [7, 11) is -4.36. The molecule has 248 valence electrons. The Morgan fingerprint density at radius 3 is 2.76 bits per heavy atom. The number of halogens is 1. The van der Waals surface area contributed by atoms with Gasteiger partial charge in [0, 0.05) is 11.8 Å². The predicted octanol–water partition coefficient (Wildman–Crippen LogP) is 5.80. The summed E-state index contributed by atoms with van der Waals surface area (Å²) in [5.41, 5.74) is 6.64. The smallest absolute Gasteiger partial charge is 0.459 e. The highest BCUT2D eigenvalue weighted by molar-refractivity contribution is 7.52. The second-order valence-corrected chi connectivity index (χ2v) is 13.6. The molecule has 5 rings (SSSR count). The Bertz CT molecular complexity index is 1700. The molecule has 13 nitrogen and oxygen atoms in total. The molecule has 1 saturated heterocycles. The summed E-state index contributed by atoms with van der Waals surface area (Å²) in [6.07, 6.45) is 1.96. The number of hydrogen-bond acceptors (Lipinski definition) is 11. The van der Waals surface area contributed by atoms with Gasteiger partial charge in [-0.15, -0.1) is 0 Å². The van der Waals surface area contributed by atoms with Crippen molar-refractivity contribution in [1.29, 1.82) is 0 Å². The Hall–Kier alpha value is -3.32. The summed E-state index contributed by atoms with van der Waals surface area (Å²) in [5.74, 6) is -0.0968. The largest absolute Gasteiger partial charge is 0.465 e. The maximum absolute atomic E-state index is 14.8. The van der Waals surface area contributed by atoms with E-state index in [0.29, 0.717) is 28.7 Å². The number of carbonyl (C=O) groups excluding carboxylic acids is 1. The fourth-order valence-corrected chi connectivity index (χ4v) is 7.33. The molecule has 0 spiro atoms. The van der Waals surface area contributed by atoms with Crippen LogP contribution < -0.4 is 15.3 Å². The zero-order valence-corrected chi connectivity index (χ0v) is 27.7. The Balaban J connectivity index is 1.46. The first-order valence-corrected chi connectivity index (χ1v) is 17.3. The molecule has 2 aromatic heterocycles. The highest BCUT2D eigenvalue weighted by atomic mass is 35.5. The molecule has 46 heavy (non-hydrogen) atoms. The van der Waals surface area contributed by atoms with E-state index < -0.39 is 44.8 Å². The van der Waals surface area contributed by atoms with Gasteiger partial charge in [0.15, 0.2) is 11.5 Å². The molecule has 1 fully saturated rings. The van der Waals surface area contributed by atoms with Crippen LogP contribution in [0.15, 0.2) is 48.8 Å². The van der Waals surface area contributed by atoms with E-state index in [1.54, 1.807) is 16.7 Å². The Kier molecular flexibility index (Phi) is 11.1. The first-order chi connectivity index (χ1) is 22.1. The molecule has 4 N–H and O–H groups in total. The van der Waals surface area contributed by atoms with Gasteiger partial charge >= 0.3 is 13.7 Å². The van der Waals surface area contributed by atoms with Gasteiger partial charge in [0.05, 0.1) is 19.5 Å². The van der Waals surface area contributed by atoms with E-state index in [0.717, 1.165) is 24.6 Å². The molecule has 4 aromatic rings. The Morgan fingerprint density at radius 1 is 1.22 bits per heavy atom. The molecule has 0 aliphatic carbocycles. The molecule has 0 saturated carbocycles. The number of nitrogens with one attached hydrogen (secondary N) is 1. The lowest BCUT2D eigenvalue weighted by atomic mass is 10.1. The van der Waals surface area contributed by atoms with Crippen LogP contribution in [0.5, 0.6) is 5.75 Å². The maximum atomic E-state index is 14.8. The van der Waals surface area contributed by atoms with Gasteiger partial charge in [0.25, 0.3) is 0 Å². The minimum absolute atomic E-state index is 0.0480. The van der Waals surface area contributed by atoms with Gasteiger partial charge in [-0.1, -0.05) is 70.0 Å². The lowest BCUT2D eigenvalue weighted by molar-refractivity contribution is -0.146. The van der Waals surface area contributed by atoms with E-state index >= 15 is 0 Å². The molecule has 0 radical (unpaired) electrons. The Morgan fingerprint density at radius 2 is 2.00 bits per heavy atom. The first-order valence-electron chi connectivity index (χ1n) is 15.4. The minimum atomic E-state index is -4.36. The van der Waals surface area contributed by atoms with Crippen LogP contribution in [-0.4, -0.2) is 62.1 Å². The maximum Gasteiger partial charge on any atom is 0.459 e. The average Bonchev–Trinajstić information content (AvgIpc) is 3.62. The van der Waals surface area contributed by atoms with Gasteiger partial charge in [-0.25, -0.2) is 9.55 Å². The SMILES string of the molecule is CCCCCOC(=O)[C@H](CC(C)C)NP(=O)(Oc1cccc2ccccc12)O[C@@H]1C[C@H](n2cnc3c(N)nc(Cl)nc32)OC1CO. The highest BCUT2D eigenvalue weighted by Crippen LogP contribution is 2.51. The molecule has 2 aromatic carbocycles. The quantitative estimate of drug-likeness (QED) is 0.0599. The molecule has 1 aliphatic rings. The molecule has 5 atom stereocenters. The van der Waals surface area contributed by atoms with E-state index in [1.807, 2.05) is 44.2 Å². The summed E-state index contributed by atoms with van der Waals surface area (Å²) < 4.78 is 40.6. The Labute approximate surface area is 272 Å². The number of unbranched alkanes of at least 4 members (excludes halogenated alkanes) is 2. The summed E-state index contributed by atoms with van der Waals surface area (Å²) in [6, 6.07) is 11.9. The van der Waals surface area contributed by atoms with Crippen LogP contribution in [0.2, 0.25) is 5.28 Å². The monoisotopic (exact) mass is 674 g/mol. The number of aliphatic hydroxyl groups is 1. The van der Waals surface area contributed by atoms with Crippen molar-refractivity contribution >= 4 is 53.1 Å². The molecule has 1 aliphatic heterocycles. The lowest BCUT2D eigenvalue weighted by Crippen LogP contribution is -2.40. The van der Waals surface area contributed by atoms with Crippen molar-refractivity contribution in [3.8, 4) is 5.75 Å². The molecule has 0 bridgehead atoms. The third-order valence-electron chi connectivity index (χ3n) is 7.63. The van der Waals surface area contributed by atoms with Crippen molar-refractivity contribution in [2.45, 2.75) is 77.4 Å². The van der Waals surface area contributed by atoms with Gasteiger partial charge in [0.1, 0.15) is 35.7 Å². The number of aliphatic hydroxyl groups excluding tert-OH is 1. The average molecular weight is 675 g/mol. The summed E-state index contributed by atoms with van der Waals surface area (Å²) in [6.45, 7) is 5.76. The van der Waals surface area contributed by atoms with Gasteiger partial charge in [-0.3, -0.25) is 13.9 Å². The second kappa shape index (κ2) is 15.1. The van der Waals surface area contributed by atoms with Crippen LogP contribution in [0, 0.1) is 5.92 Å². The molecule has 15 heteroatoms. The van der Waals surface area contributed by atoms with E-state index in [1.165, 1.54) is 6.33 Å². The number of esters is 1. The van der Waals surface area contributed by atoms with Crippen molar-refractivity contribution < 1.29 is 33.0 Å². The van der Waals surface area contributed by atoms with Crippen LogP contribution in [0.25, 0.3) is 21.9 Å². The zero-order valence-electron chi connectivity index (χ0n) is 26.0. The fourth-order valence-electron chi connectivity index (χ4n) is 5.42. The van der Waals surface area contributed by atoms with Crippen LogP contribution in [-0.2, 0) is 23.4 Å². The first kappa shape index (κ1) is 34.0. The molecule has 2 unspecified atom stereocenters. The van der Waals surface area contributed by atoms with E-state index in [4.69, 9.17) is 35.9 Å². The molecule has 3 heterocycles. The second-order valence-electron chi connectivity index (χ2n) is 11.6. The number of carbonyl (C=O) groups is 1. The van der Waals surface area contributed by atoms with Gasteiger partial charge in [0.2, 0.25) is 5.28 Å². The highest BCUT2D eigenvalue weighted by Gasteiger charge is 2.45. The number of hydrogen-bond donors (Lipinski definition) is 3. The van der Waals surface area contributed by atoms with Crippen molar-refractivity contribution in [1.82, 2.24) is 24.6 Å². The molecular weight excluding hydrogens is 635 g/mol. The summed E-state index contributed by atoms with van der Waals surface area (Å²) in [5, 5.41) is 14.7. The van der Waals surface area contributed by atoms with E-state index in [-0.39, 0.29) is 30.0 Å². The van der Waals surface area contributed by atoms with Crippen molar-refractivity contribution in [2.24, 2.45) is 5.92 Å². The van der Waals surface area contributed by atoms with Crippen LogP contribution >= 0.6 is 19.3 Å². The fraction of sp³-hybridized carbons (Fsp3) is 0.484. The zero-order chi connectivity index (χ0) is 32.8. The number of nitrogens with zero attached hydrogens (tertiary/aromatic N) is 4. The van der Waals surface area contributed by atoms with Crippen molar-refractivity contribution in [2.75, 3.05) is 18.9 Å². The number of aromatic nitrogens is 4. The number of anilines is 1.